The van der Waals surface area contributed by atoms with Crippen molar-refractivity contribution in [3.05, 3.63) is 101 Å². The number of imide groups is 1. The minimum Gasteiger partial charge on any atom is -0.351 e. The highest BCUT2D eigenvalue weighted by Gasteiger charge is 2.36. The molecule has 0 spiro atoms. The van der Waals surface area contributed by atoms with Gasteiger partial charge in [0.1, 0.15) is 0 Å². The topological polar surface area (TPSA) is 66.5 Å². The molecule has 0 radical (unpaired) electrons. The molecule has 1 aliphatic heterocycles. The molecule has 5 nitrogen and oxygen atoms in total. The fraction of sp³-hybridized carbons (Fsp3) is 0.125. The third-order valence-corrected chi connectivity index (χ3v) is 5.12. The van der Waals surface area contributed by atoms with E-state index in [1.807, 2.05) is 30.3 Å². The zero-order valence-corrected chi connectivity index (χ0v) is 16.0. The second-order valence-electron chi connectivity index (χ2n) is 7.06. The average molecular weight is 384 g/mol. The van der Waals surface area contributed by atoms with Crippen LogP contribution in [0, 0.1) is 0 Å². The zero-order valence-electron chi connectivity index (χ0n) is 16.0. The predicted octanol–water partition coefficient (Wildman–Crippen LogP) is 4.02. The summed E-state index contributed by atoms with van der Waals surface area (Å²) in [5, 5.41) is 2.93. The Bertz CT molecular complexity index is 1040. The third-order valence-electron chi connectivity index (χ3n) is 5.12. The molecular weight excluding hydrogens is 364 g/mol. The average Bonchev–Trinajstić information content (AvgIpc) is 3.03. The van der Waals surface area contributed by atoms with Crippen molar-refractivity contribution in [1.29, 1.82) is 0 Å². The van der Waals surface area contributed by atoms with E-state index >= 15 is 0 Å². The van der Waals surface area contributed by atoms with Crippen molar-refractivity contribution in [3.8, 4) is 0 Å². The molecule has 4 rings (SSSR count). The lowest BCUT2D eigenvalue weighted by Gasteiger charge is -2.15. The van der Waals surface area contributed by atoms with Crippen LogP contribution in [0.2, 0.25) is 0 Å². The molecule has 0 unspecified atom stereocenters. The standard InChI is InChI=1S/C24H20N2O3/c1-16(17-7-3-2-4-8-17)15-25-22(27)18-11-13-19(14-12-18)26-23(28)20-9-5-6-10-21(20)24(26)29/h2-14,16H,15H2,1H3,(H,25,27)/t16-/m1/s1. The Morgan fingerprint density at radius 2 is 1.38 bits per heavy atom. The number of benzene rings is 3. The molecule has 1 heterocycles. The maximum atomic E-state index is 12.6. The van der Waals surface area contributed by atoms with Crippen LogP contribution in [-0.2, 0) is 0 Å². The fourth-order valence-corrected chi connectivity index (χ4v) is 3.43. The quantitative estimate of drug-likeness (QED) is 0.676. The Labute approximate surface area is 169 Å². The Morgan fingerprint density at radius 3 is 1.97 bits per heavy atom. The molecule has 3 aromatic carbocycles. The van der Waals surface area contributed by atoms with Gasteiger partial charge in [-0.25, -0.2) is 4.90 Å². The minimum atomic E-state index is -0.348. The van der Waals surface area contributed by atoms with Crippen LogP contribution in [0.1, 0.15) is 49.5 Å². The van der Waals surface area contributed by atoms with E-state index < -0.39 is 0 Å². The number of fused-ring (bicyclic) bond motifs is 1. The molecule has 3 aromatic rings. The van der Waals surface area contributed by atoms with Gasteiger partial charge >= 0.3 is 0 Å². The predicted molar refractivity (Wildman–Crippen MR) is 111 cm³/mol. The van der Waals surface area contributed by atoms with Gasteiger partial charge in [-0.2, -0.15) is 0 Å². The van der Waals surface area contributed by atoms with Gasteiger partial charge in [-0.15, -0.1) is 0 Å². The first-order valence-electron chi connectivity index (χ1n) is 9.47. The Kier molecular flexibility index (Phi) is 4.96. The van der Waals surface area contributed by atoms with Gasteiger partial charge in [0.15, 0.2) is 0 Å². The molecule has 0 saturated heterocycles. The van der Waals surface area contributed by atoms with Gasteiger partial charge in [-0.1, -0.05) is 49.4 Å². The van der Waals surface area contributed by atoms with Crippen LogP contribution in [0.5, 0.6) is 0 Å². The summed E-state index contributed by atoms with van der Waals surface area (Å²) in [4.78, 5) is 38.7. The summed E-state index contributed by atoms with van der Waals surface area (Å²) in [5.41, 5.74) is 2.88. The van der Waals surface area contributed by atoms with Crippen LogP contribution in [0.15, 0.2) is 78.9 Å². The number of hydrogen-bond donors (Lipinski definition) is 1. The molecule has 0 bridgehead atoms. The molecule has 0 saturated carbocycles. The van der Waals surface area contributed by atoms with Gasteiger partial charge < -0.3 is 5.32 Å². The molecule has 3 amide bonds. The minimum absolute atomic E-state index is 0.192. The summed E-state index contributed by atoms with van der Waals surface area (Å²) in [7, 11) is 0. The van der Waals surface area contributed by atoms with Crippen LogP contribution in [0.4, 0.5) is 5.69 Å². The first-order chi connectivity index (χ1) is 14.1. The number of nitrogens with zero attached hydrogens (tertiary/aromatic N) is 1. The van der Waals surface area contributed by atoms with Gasteiger partial charge in [0, 0.05) is 12.1 Å². The van der Waals surface area contributed by atoms with Crippen LogP contribution >= 0.6 is 0 Å². The van der Waals surface area contributed by atoms with Crippen molar-refractivity contribution in [3.63, 3.8) is 0 Å². The highest BCUT2D eigenvalue weighted by Crippen LogP contribution is 2.28. The first kappa shape index (κ1) is 18.6. The zero-order chi connectivity index (χ0) is 20.4. The number of carbonyl (C=O) groups is 3. The second kappa shape index (κ2) is 7.72. The molecule has 1 atom stereocenters. The number of nitrogens with one attached hydrogen (secondary N) is 1. The van der Waals surface area contributed by atoms with Crippen molar-refractivity contribution in [1.82, 2.24) is 5.32 Å². The lowest BCUT2D eigenvalue weighted by molar-refractivity contribution is 0.0923. The summed E-state index contributed by atoms with van der Waals surface area (Å²) in [6, 6.07) is 23.2. The van der Waals surface area contributed by atoms with Gasteiger partial charge in [-0.3, -0.25) is 14.4 Å². The van der Waals surface area contributed by atoms with Crippen molar-refractivity contribution >= 4 is 23.4 Å². The lowest BCUT2D eigenvalue weighted by atomic mass is 10.0. The molecule has 1 N–H and O–H groups in total. The number of anilines is 1. The monoisotopic (exact) mass is 384 g/mol. The van der Waals surface area contributed by atoms with Crippen LogP contribution < -0.4 is 10.2 Å². The molecule has 0 fully saturated rings. The number of amides is 3. The van der Waals surface area contributed by atoms with E-state index in [9.17, 15) is 14.4 Å². The smallest absolute Gasteiger partial charge is 0.266 e. The SMILES string of the molecule is C[C@H](CNC(=O)c1ccc(N2C(=O)c3ccccc3C2=O)cc1)c1ccccc1. The fourth-order valence-electron chi connectivity index (χ4n) is 3.43. The number of rotatable bonds is 5. The molecule has 1 aliphatic rings. The van der Waals surface area contributed by atoms with E-state index in [-0.39, 0.29) is 23.6 Å². The summed E-state index contributed by atoms with van der Waals surface area (Å²) < 4.78 is 0. The second-order valence-corrected chi connectivity index (χ2v) is 7.06. The van der Waals surface area contributed by atoms with Crippen LogP contribution in [0.25, 0.3) is 0 Å². The van der Waals surface area contributed by atoms with Crippen molar-refractivity contribution in [2.75, 3.05) is 11.4 Å². The largest absolute Gasteiger partial charge is 0.351 e. The van der Waals surface area contributed by atoms with Gasteiger partial charge in [0.05, 0.1) is 16.8 Å². The van der Waals surface area contributed by atoms with E-state index in [0.717, 1.165) is 10.5 Å². The van der Waals surface area contributed by atoms with E-state index in [0.29, 0.717) is 28.9 Å². The normalized spacial score (nSPS) is 13.9. The maximum absolute atomic E-state index is 12.6. The van der Waals surface area contributed by atoms with Gasteiger partial charge in [0.25, 0.3) is 17.7 Å². The van der Waals surface area contributed by atoms with E-state index in [1.165, 1.54) is 0 Å². The van der Waals surface area contributed by atoms with Gasteiger partial charge in [0.2, 0.25) is 0 Å². The molecule has 29 heavy (non-hydrogen) atoms. The molecule has 144 valence electrons. The van der Waals surface area contributed by atoms with E-state index in [2.05, 4.69) is 12.2 Å². The molecule has 0 aliphatic carbocycles. The molecule has 5 heteroatoms. The van der Waals surface area contributed by atoms with Gasteiger partial charge in [-0.05, 0) is 47.9 Å². The summed E-state index contributed by atoms with van der Waals surface area (Å²) >= 11 is 0. The maximum Gasteiger partial charge on any atom is 0.266 e. The van der Waals surface area contributed by atoms with Crippen LogP contribution in [0.3, 0.4) is 0 Å². The summed E-state index contributed by atoms with van der Waals surface area (Å²) in [6.07, 6.45) is 0. The third kappa shape index (κ3) is 3.55. The van der Waals surface area contributed by atoms with E-state index in [4.69, 9.17) is 0 Å². The number of carbonyl (C=O) groups excluding carboxylic acids is 3. The Morgan fingerprint density at radius 1 is 0.828 bits per heavy atom. The van der Waals surface area contributed by atoms with Crippen molar-refractivity contribution in [2.45, 2.75) is 12.8 Å². The Balaban J connectivity index is 1.44. The molecule has 0 aromatic heterocycles. The first-order valence-corrected chi connectivity index (χ1v) is 9.47. The highest BCUT2D eigenvalue weighted by atomic mass is 16.2. The summed E-state index contributed by atoms with van der Waals surface area (Å²) in [5.74, 6) is -0.696. The van der Waals surface area contributed by atoms with Crippen LogP contribution in [-0.4, -0.2) is 24.3 Å². The summed E-state index contributed by atoms with van der Waals surface area (Å²) in [6.45, 7) is 2.57. The number of hydrogen-bond acceptors (Lipinski definition) is 3. The van der Waals surface area contributed by atoms with Crippen molar-refractivity contribution in [2.24, 2.45) is 0 Å². The van der Waals surface area contributed by atoms with E-state index in [1.54, 1.807) is 48.5 Å². The lowest BCUT2D eigenvalue weighted by Crippen LogP contribution is -2.30. The highest BCUT2D eigenvalue weighted by molar-refractivity contribution is 6.34. The molecular formula is C24H20N2O3. The van der Waals surface area contributed by atoms with Crippen molar-refractivity contribution < 1.29 is 14.4 Å². The Hall–Kier alpha value is -3.73.